The molecule has 1 aromatic heterocycles. The Morgan fingerprint density at radius 1 is 1.22 bits per heavy atom. The molecule has 0 fully saturated rings. The van der Waals surface area contributed by atoms with Crippen LogP contribution in [0.3, 0.4) is 0 Å². The number of amides is 1. The maximum atomic E-state index is 11.3. The van der Waals surface area contributed by atoms with Crippen molar-refractivity contribution in [2.75, 3.05) is 30.9 Å². The van der Waals surface area contributed by atoms with Crippen LogP contribution < -0.4 is 15.4 Å². The Morgan fingerprint density at radius 2 is 2.04 bits per heavy atom. The van der Waals surface area contributed by atoms with Crippen molar-refractivity contribution in [1.29, 1.82) is 0 Å². The van der Waals surface area contributed by atoms with Gasteiger partial charge in [-0.15, -0.1) is 0 Å². The number of aromatic nitrogens is 1. The molecule has 0 aliphatic heterocycles. The van der Waals surface area contributed by atoms with Crippen LogP contribution in [0.1, 0.15) is 12.5 Å². The number of hydrogen-bond donors (Lipinski definition) is 2. The summed E-state index contributed by atoms with van der Waals surface area (Å²) in [6.45, 7) is 2.83. The zero-order valence-electron chi connectivity index (χ0n) is 13.3. The second-order valence-corrected chi connectivity index (χ2v) is 4.77. The number of hydrogen-bond acceptors (Lipinski definition) is 5. The fourth-order valence-electron chi connectivity index (χ4n) is 2.09. The van der Waals surface area contributed by atoms with E-state index < -0.39 is 6.09 Å². The van der Waals surface area contributed by atoms with Crippen LogP contribution in [0.25, 0.3) is 0 Å². The highest BCUT2D eigenvalue weighted by atomic mass is 16.5. The number of carbonyl (C=O) groups is 1. The molecule has 6 nitrogen and oxygen atoms in total. The zero-order chi connectivity index (χ0) is 16.5. The molecule has 23 heavy (non-hydrogen) atoms. The number of nitrogens with zero attached hydrogens (tertiary/aromatic N) is 1. The fraction of sp³-hybridized carbons (Fsp3) is 0.294. The monoisotopic (exact) mass is 315 g/mol. The van der Waals surface area contributed by atoms with Gasteiger partial charge in [-0.3, -0.25) is 5.32 Å². The van der Waals surface area contributed by atoms with Gasteiger partial charge in [0.05, 0.1) is 25.6 Å². The molecule has 2 rings (SSSR count). The van der Waals surface area contributed by atoms with Crippen molar-refractivity contribution in [1.82, 2.24) is 4.98 Å². The number of pyridine rings is 1. The third-order valence-electron chi connectivity index (χ3n) is 3.18. The Kier molecular flexibility index (Phi) is 6.23. The standard InChI is InChI=1S/C17H21N3O3/c1-3-23-17(21)20-14-8-9-16(19-12-14)18-11-10-13-6-4-5-7-15(13)22-2/h4-9,12H,3,10-11H2,1-2H3,(H,18,19)(H,20,21). The molecular formula is C17H21N3O3. The van der Waals surface area contributed by atoms with E-state index in [1.165, 1.54) is 0 Å². The first-order valence-electron chi connectivity index (χ1n) is 7.48. The van der Waals surface area contributed by atoms with Crippen molar-refractivity contribution in [2.45, 2.75) is 13.3 Å². The summed E-state index contributed by atoms with van der Waals surface area (Å²) in [5.74, 6) is 1.63. The average molecular weight is 315 g/mol. The minimum absolute atomic E-state index is 0.335. The van der Waals surface area contributed by atoms with Gasteiger partial charge in [-0.1, -0.05) is 18.2 Å². The maximum Gasteiger partial charge on any atom is 0.411 e. The van der Waals surface area contributed by atoms with Crippen molar-refractivity contribution in [3.63, 3.8) is 0 Å². The number of rotatable bonds is 7. The normalized spacial score (nSPS) is 10.0. The lowest BCUT2D eigenvalue weighted by Crippen LogP contribution is -2.13. The molecule has 1 amide bonds. The summed E-state index contributed by atoms with van der Waals surface area (Å²) in [6, 6.07) is 11.5. The van der Waals surface area contributed by atoms with E-state index in [9.17, 15) is 4.79 Å². The van der Waals surface area contributed by atoms with Crippen LogP contribution in [0, 0.1) is 0 Å². The van der Waals surface area contributed by atoms with Crippen LogP contribution >= 0.6 is 0 Å². The van der Waals surface area contributed by atoms with Crippen LogP contribution in [0.15, 0.2) is 42.6 Å². The van der Waals surface area contributed by atoms with Gasteiger partial charge < -0.3 is 14.8 Å². The average Bonchev–Trinajstić information content (AvgIpc) is 2.57. The van der Waals surface area contributed by atoms with Gasteiger partial charge in [0.2, 0.25) is 0 Å². The summed E-state index contributed by atoms with van der Waals surface area (Å²) in [6.07, 6.45) is 1.93. The van der Waals surface area contributed by atoms with E-state index in [4.69, 9.17) is 9.47 Å². The molecule has 0 radical (unpaired) electrons. The molecule has 0 bridgehead atoms. The molecule has 0 spiro atoms. The predicted octanol–water partition coefficient (Wildman–Crippen LogP) is 3.31. The van der Waals surface area contributed by atoms with Crippen LogP contribution in [-0.2, 0) is 11.2 Å². The van der Waals surface area contributed by atoms with Crippen LogP contribution in [0.4, 0.5) is 16.3 Å². The van der Waals surface area contributed by atoms with Gasteiger partial charge in [0, 0.05) is 6.54 Å². The highest BCUT2D eigenvalue weighted by molar-refractivity contribution is 5.84. The molecule has 122 valence electrons. The largest absolute Gasteiger partial charge is 0.496 e. The Bertz CT molecular complexity index is 629. The highest BCUT2D eigenvalue weighted by Gasteiger charge is 2.03. The molecule has 6 heteroatoms. The van der Waals surface area contributed by atoms with E-state index in [1.54, 1.807) is 26.3 Å². The first-order valence-corrected chi connectivity index (χ1v) is 7.48. The lowest BCUT2D eigenvalue weighted by molar-refractivity contribution is 0.168. The van der Waals surface area contributed by atoms with Gasteiger partial charge in [0.15, 0.2) is 0 Å². The second-order valence-electron chi connectivity index (χ2n) is 4.77. The van der Waals surface area contributed by atoms with Gasteiger partial charge in [0.1, 0.15) is 11.6 Å². The van der Waals surface area contributed by atoms with E-state index >= 15 is 0 Å². The topological polar surface area (TPSA) is 72.5 Å². The molecule has 0 aliphatic carbocycles. The van der Waals surface area contributed by atoms with E-state index in [0.29, 0.717) is 12.3 Å². The quantitative estimate of drug-likeness (QED) is 0.820. The number of nitrogens with one attached hydrogen (secondary N) is 2. The molecule has 0 saturated carbocycles. The molecule has 0 aliphatic rings. The third-order valence-corrected chi connectivity index (χ3v) is 3.18. The van der Waals surface area contributed by atoms with E-state index in [0.717, 1.165) is 30.1 Å². The minimum atomic E-state index is -0.480. The van der Waals surface area contributed by atoms with Crippen molar-refractivity contribution in [2.24, 2.45) is 0 Å². The second kappa shape index (κ2) is 8.63. The van der Waals surface area contributed by atoms with Crippen LogP contribution in [0.5, 0.6) is 5.75 Å². The minimum Gasteiger partial charge on any atom is -0.496 e. The zero-order valence-corrected chi connectivity index (χ0v) is 13.3. The summed E-state index contributed by atoms with van der Waals surface area (Å²) < 4.78 is 10.1. The van der Waals surface area contributed by atoms with Crippen LogP contribution in [-0.4, -0.2) is 31.3 Å². The van der Waals surface area contributed by atoms with Gasteiger partial charge >= 0.3 is 6.09 Å². The SMILES string of the molecule is CCOC(=O)Nc1ccc(NCCc2ccccc2OC)nc1. The third kappa shape index (κ3) is 5.18. The van der Waals surface area contributed by atoms with E-state index in [-0.39, 0.29) is 0 Å². The number of carbonyl (C=O) groups excluding carboxylic acids is 1. The Hall–Kier alpha value is -2.76. The summed E-state index contributed by atoms with van der Waals surface area (Å²) in [4.78, 5) is 15.6. The molecule has 0 saturated heterocycles. The summed E-state index contributed by atoms with van der Waals surface area (Å²) in [5, 5.41) is 5.84. The van der Waals surface area contributed by atoms with Crippen LogP contribution in [0.2, 0.25) is 0 Å². The molecular weight excluding hydrogens is 294 g/mol. The first-order chi connectivity index (χ1) is 11.2. The van der Waals surface area contributed by atoms with E-state index in [2.05, 4.69) is 15.6 Å². The van der Waals surface area contributed by atoms with Crippen molar-refractivity contribution >= 4 is 17.6 Å². The smallest absolute Gasteiger partial charge is 0.411 e. The summed E-state index contributed by atoms with van der Waals surface area (Å²) in [7, 11) is 1.67. The number of anilines is 2. The Balaban J connectivity index is 1.83. The summed E-state index contributed by atoms with van der Waals surface area (Å²) in [5.41, 5.74) is 1.74. The highest BCUT2D eigenvalue weighted by Crippen LogP contribution is 2.18. The van der Waals surface area contributed by atoms with Gasteiger partial charge in [-0.25, -0.2) is 9.78 Å². The first kappa shape index (κ1) is 16.6. The number of para-hydroxylation sites is 1. The fourth-order valence-corrected chi connectivity index (χ4v) is 2.09. The molecule has 0 unspecified atom stereocenters. The molecule has 1 heterocycles. The van der Waals surface area contributed by atoms with Gasteiger partial charge in [-0.05, 0) is 37.1 Å². The predicted molar refractivity (Wildman–Crippen MR) is 90.1 cm³/mol. The lowest BCUT2D eigenvalue weighted by Gasteiger charge is -2.10. The number of benzene rings is 1. The summed E-state index contributed by atoms with van der Waals surface area (Å²) >= 11 is 0. The molecule has 1 aromatic carbocycles. The van der Waals surface area contributed by atoms with Crippen molar-refractivity contribution < 1.29 is 14.3 Å². The molecule has 0 atom stereocenters. The van der Waals surface area contributed by atoms with E-state index in [1.807, 2.05) is 30.3 Å². The van der Waals surface area contributed by atoms with Gasteiger partial charge in [-0.2, -0.15) is 0 Å². The molecule has 2 N–H and O–H groups in total. The lowest BCUT2D eigenvalue weighted by atomic mass is 10.1. The Morgan fingerprint density at radius 3 is 2.74 bits per heavy atom. The number of methoxy groups -OCH3 is 1. The maximum absolute atomic E-state index is 11.3. The Labute approximate surface area is 135 Å². The van der Waals surface area contributed by atoms with Crippen molar-refractivity contribution in [3.8, 4) is 5.75 Å². The van der Waals surface area contributed by atoms with Crippen molar-refractivity contribution in [3.05, 3.63) is 48.2 Å². The molecule has 2 aromatic rings. The van der Waals surface area contributed by atoms with Gasteiger partial charge in [0.25, 0.3) is 0 Å². The number of ether oxygens (including phenoxy) is 2.